The molecule has 0 spiro atoms. The van der Waals surface area contributed by atoms with Crippen molar-refractivity contribution in [3.63, 3.8) is 0 Å². The van der Waals surface area contributed by atoms with E-state index >= 15 is 0 Å². The first kappa shape index (κ1) is 11.3. The van der Waals surface area contributed by atoms with Gasteiger partial charge in [0.1, 0.15) is 0 Å². The maximum atomic E-state index is 11.8. The Morgan fingerprint density at radius 2 is 1.71 bits per heavy atom. The first-order valence-corrected chi connectivity index (χ1v) is 5.51. The monoisotopic (exact) mass is 224 g/mol. The summed E-state index contributed by atoms with van der Waals surface area (Å²) in [6.07, 6.45) is 7.10. The van der Waals surface area contributed by atoms with E-state index in [1.165, 1.54) is 0 Å². The van der Waals surface area contributed by atoms with Gasteiger partial charge in [-0.1, -0.05) is 35.9 Å². The first-order chi connectivity index (χ1) is 8.25. The molecule has 0 atom stereocenters. The molecule has 17 heavy (non-hydrogen) atoms. The average molecular weight is 224 g/mol. The smallest absolute Gasteiger partial charge is 0.191 e. The summed E-state index contributed by atoms with van der Waals surface area (Å²) in [5.74, 6) is 0.0151. The number of ketones is 1. The van der Waals surface area contributed by atoms with Crippen LogP contribution in [0, 0.1) is 6.92 Å². The molecule has 0 fully saturated rings. The molecule has 0 unspecified atom stereocenters. The number of pyridine rings is 1. The van der Waals surface area contributed by atoms with Crippen molar-refractivity contribution >= 4 is 12.0 Å². The van der Waals surface area contributed by atoms with Gasteiger partial charge in [0.15, 0.2) is 24.4 Å². The Kier molecular flexibility index (Phi) is 3.46. The van der Waals surface area contributed by atoms with E-state index in [-0.39, 0.29) is 5.78 Å². The van der Waals surface area contributed by atoms with E-state index in [0.29, 0.717) is 5.56 Å². The van der Waals surface area contributed by atoms with Crippen LogP contribution < -0.4 is 4.57 Å². The highest BCUT2D eigenvalue weighted by atomic mass is 16.1. The van der Waals surface area contributed by atoms with Crippen LogP contribution >= 0.6 is 0 Å². The van der Waals surface area contributed by atoms with Crippen LogP contribution in [0.2, 0.25) is 0 Å². The number of carbonyl (C=O) groups is 1. The van der Waals surface area contributed by atoms with Crippen molar-refractivity contribution in [2.24, 2.45) is 0 Å². The normalized spacial score (nSPS) is 10.6. The van der Waals surface area contributed by atoms with Gasteiger partial charge in [-0.05, 0) is 6.92 Å². The fourth-order valence-electron chi connectivity index (χ4n) is 1.48. The van der Waals surface area contributed by atoms with Gasteiger partial charge in [-0.25, -0.2) is 0 Å². The predicted molar refractivity (Wildman–Crippen MR) is 67.5 cm³/mol. The van der Waals surface area contributed by atoms with Crippen LogP contribution in [-0.4, -0.2) is 5.78 Å². The predicted octanol–water partition coefficient (Wildman–Crippen LogP) is 2.64. The van der Waals surface area contributed by atoms with Crippen molar-refractivity contribution in [3.05, 3.63) is 72.1 Å². The Bertz CT molecular complexity index is 527. The minimum absolute atomic E-state index is 0.0151. The number of rotatable bonds is 3. The maximum absolute atomic E-state index is 11.8. The van der Waals surface area contributed by atoms with Crippen LogP contribution in [0.1, 0.15) is 15.9 Å². The third kappa shape index (κ3) is 3.11. The fourth-order valence-corrected chi connectivity index (χ4v) is 1.48. The zero-order valence-electron chi connectivity index (χ0n) is 9.71. The summed E-state index contributed by atoms with van der Waals surface area (Å²) in [6, 6.07) is 13.3. The summed E-state index contributed by atoms with van der Waals surface area (Å²) in [7, 11) is 0. The van der Waals surface area contributed by atoms with Crippen LogP contribution in [-0.2, 0) is 0 Å². The summed E-state index contributed by atoms with van der Waals surface area (Å²) in [5.41, 5.74) is 1.87. The van der Waals surface area contributed by atoms with E-state index in [2.05, 4.69) is 0 Å². The molecule has 1 aromatic heterocycles. The lowest BCUT2D eigenvalue weighted by Gasteiger charge is -1.95. The lowest BCUT2D eigenvalue weighted by atomic mass is 10.1. The summed E-state index contributed by atoms with van der Waals surface area (Å²) < 4.78 is 1.84. The topological polar surface area (TPSA) is 20.9 Å². The molecule has 0 aliphatic carbocycles. The molecule has 0 saturated heterocycles. The molecule has 2 rings (SSSR count). The second-order valence-electron chi connectivity index (χ2n) is 3.87. The quantitative estimate of drug-likeness (QED) is 0.446. The molecule has 0 aliphatic heterocycles. The number of hydrogen-bond acceptors (Lipinski definition) is 1. The lowest BCUT2D eigenvalue weighted by molar-refractivity contribution is -0.568. The van der Waals surface area contributed by atoms with Gasteiger partial charge in [0.2, 0.25) is 0 Å². The number of nitrogens with zero attached hydrogens (tertiary/aromatic N) is 1. The van der Waals surface area contributed by atoms with Gasteiger partial charge in [0.25, 0.3) is 0 Å². The Morgan fingerprint density at radius 3 is 2.35 bits per heavy atom. The van der Waals surface area contributed by atoms with Gasteiger partial charge in [-0.3, -0.25) is 4.79 Å². The second kappa shape index (κ2) is 5.21. The number of hydrogen-bond donors (Lipinski definition) is 0. The zero-order valence-corrected chi connectivity index (χ0v) is 9.71. The van der Waals surface area contributed by atoms with Gasteiger partial charge in [-0.2, -0.15) is 4.57 Å². The van der Waals surface area contributed by atoms with Gasteiger partial charge in [-0.15, -0.1) is 0 Å². The van der Waals surface area contributed by atoms with E-state index in [4.69, 9.17) is 0 Å². The molecule has 1 aromatic carbocycles. The molecule has 0 radical (unpaired) electrons. The summed E-state index contributed by atoms with van der Waals surface area (Å²) in [6.45, 7) is 2.00. The number of benzene rings is 1. The highest BCUT2D eigenvalue weighted by molar-refractivity contribution is 6.05. The summed E-state index contributed by atoms with van der Waals surface area (Å²) in [5, 5.41) is 0. The van der Waals surface area contributed by atoms with E-state index in [0.717, 1.165) is 5.56 Å². The molecular formula is C15H14NO+. The first-order valence-electron chi connectivity index (χ1n) is 5.51. The highest BCUT2D eigenvalue weighted by Crippen LogP contribution is 2.04. The molecule has 2 nitrogen and oxygen atoms in total. The fraction of sp³-hybridized carbons (Fsp3) is 0.0667. The maximum Gasteiger partial charge on any atom is 0.191 e. The largest absolute Gasteiger partial charge is 0.289 e. The van der Waals surface area contributed by atoms with Gasteiger partial charge >= 0.3 is 0 Å². The van der Waals surface area contributed by atoms with E-state index < -0.39 is 0 Å². The number of aromatic nitrogens is 1. The molecule has 2 aromatic rings. The highest BCUT2D eigenvalue weighted by Gasteiger charge is 2.02. The number of allylic oxidation sites excluding steroid dienone is 1. The SMILES string of the molecule is Cc1ccc(C(=O)/C=C\[n+]2ccccc2)cc1. The second-order valence-corrected chi connectivity index (χ2v) is 3.87. The molecule has 0 aliphatic rings. The lowest BCUT2D eigenvalue weighted by Crippen LogP contribution is -2.23. The molecule has 0 saturated carbocycles. The number of aryl methyl sites for hydroxylation is 1. The Labute approximate surface area is 101 Å². The van der Waals surface area contributed by atoms with Crippen molar-refractivity contribution < 1.29 is 9.36 Å². The Morgan fingerprint density at radius 1 is 1.06 bits per heavy atom. The van der Waals surface area contributed by atoms with Crippen molar-refractivity contribution in [2.45, 2.75) is 6.92 Å². The van der Waals surface area contributed by atoms with Crippen LogP contribution in [0.15, 0.2) is 60.9 Å². The van der Waals surface area contributed by atoms with E-state index in [1.54, 1.807) is 12.3 Å². The minimum atomic E-state index is 0.0151. The average Bonchev–Trinajstić information content (AvgIpc) is 2.38. The molecule has 84 valence electrons. The Balaban J connectivity index is 2.12. The summed E-state index contributed by atoms with van der Waals surface area (Å²) in [4.78, 5) is 11.8. The molecule has 1 heterocycles. The van der Waals surface area contributed by atoms with Crippen molar-refractivity contribution in [2.75, 3.05) is 0 Å². The van der Waals surface area contributed by atoms with Crippen molar-refractivity contribution in [1.29, 1.82) is 0 Å². The van der Waals surface area contributed by atoms with Gasteiger partial charge in [0.05, 0.1) is 6.08 Å². The standard InChI is InChI=1S/C15H14NO/c1-13-5-7-14(8-6-13)15(17)9-12-16-10-3-2-4-11-16/h2-12H,1H3/q+1/b12-9-. The molecule has 0 bridgehead atoms. The van der Waals surface area contributed by atoms with Gasteiger partial charge in [0, 0.05) is 17.7 Å². The molecule has 0 amide bonds. The third-order valence-electron chi connectivity index (χ3n) is 2.47. The van der Waals surface area contributed by atoms with Crippen molar-refractivity contribution in [1.82, 2.24) is 0 Å². The number of carbonyl (C=O) groups excluding carboxylic acids is 1. The zero-order chi connectivity index (χ0) is 12.1. The van der Waals surface area contributed by atoms with Crippen molar-refractivity contribution in [3.8, 4) is 0 Å². The third-order valence-corrected chi connectivity index (χ3v) is 2.47. The summed E-state index contributed by atoms with van der Waals surface area (Å²) >= 11 is 0. The van der Waals surface area contributed by atoms with Crippen LogP contribution in [0.3, 0.4) is 0 Å². The van der Waals surface area contributed by atoms with Crippen LogP contribution in [0.25, 0.3) is 6.20 Å². The molecule has 2 heteroatoms. The van der Waals surface area contributed by atoms with E-state index in [1.807, 2.05) is 66.3 Å². The molecular weight excluding hydrogens is 210 g/mol. The van der Waals surface area contributed by atoms with E-state index in [9.17, 15) is 4.79 Å². The van der Waals surface area contributed by atoms with Gasteiger partial charge < -0.3 is 0 Å². The van der Waals surface area contributed by atoms with Crippen LogP contribution in [0.4, 0.5) is 0 Å². The minimum Gasteiger partial charge on any atom is -0.289 e. The molecule has 0 N–H and O–H groups in total. The van der Waals surface area contributed by atoms with Crippen LogP contribution in [0.5, 0.6) is 0 Å². The Hall–Kier alpha value is -2.22.